The van der Waals surface area contributed by atoms with Crippen molar-refractivity contribution in [1.29, 1.82) is 0 Å². The number of nitrogens with one attached hydrogen (secondary N) is 1. The molecule has 0 aliphatic carbocycles. The number of aromatic nitrogens is 4. The summed E-state index contributed by atoms with van der Waals surface area (Å²) >= 11 is 0. The van der Waals surface area contributed by atoms with Crippen molar-refractivity contribution in [3.8, 4) is 0 Å². The highest BCUT2D eigenvalue weighted by Gasteiger charge is 2.19. The second-order valence-corrected chi connectivity index (χ2v) is 4.64. The summed E-state index contributed by atoms with van der Waals surface area (Å²) in [5.74, 6) is 0. The molecule has 5 heteroatoms. The average Bonchev–Trinajstić information content (AvgIpc) is 2.87. The van der Waals surface area contributed by atoms with Crippen molar-refractivity contribution in [3.05, 3.63) is 35.4 Å². The summed E-state index contributed by atoms with van der Waals surface area (Å²) in [5.41, 5.74) is 3.22. The van der Waals surface area contributed by atoms with Gasteiger partial charge in [0.15, 0.2) is 0 Å². The lowest BCUT2D eigenvalue weighted by molar-refractivity contribution is 0.536. The molecule has 0 aliphatic rings. The maximum absolute atomic E-state index is 4.50. The Morgan fingerprint density at radius 3 is 2.61 bits per heavy atom. The Hall–Kier alpha value is -1.62. The Balaban J connectivity index is 2.33. The minimum atomic E-state index is 0.109. The van der Waals surface area contributed by atoms with Crippen molar-refractivity contribution < 1.29 is 0 Å². The molecule has 1 N–H and O–H groups in total. The first-order valence-corrected chi connectivity index (χ1v) is 6.35. The van der Waals surface area contributed by atoms with Crippen LogP contribution in [0.5, 0.6) is 0 Å². The van der Waals surface area contributed by atoms with Crippen molar-refractivity contribution in [2.24, 2.45) is 14.1 Å². The highest BCUT2D eigenvalue weighted by atomic mass is 15.3. The maximum atomic E-state index is 4.50. The molecule has 18 heavy (non-hydrogen) atoms. The summed E-state index contributed by atoms with van der Waals surface area (Å²) < 4.78 is 3.76. The van der Waals surface area contributed by atoms with E-state index in [1.807, 2.05) is 36.6 Å². The van der Waals surface area contributed by atoms with Crippen LogP contribution in [-0.4, -0.2) is 26.1 Å². The van der Waals surface area contributed by atoms with Gasteiger partial charge in [0.2, 0.25) is 0 Å². The lowest BCUT2D eigenvalue weighted by atomic mass is 10.1. The van der Waals surface area contributed by atoms with Gasteiger partial charge in [0.1, 0.15) is 0 Å². The van der Waals surface area contributed by atoms with E-state index >= 15 is 0 Å². The Labute approximate surface area is 108 Å². The molecule has 0 spiro atoms. The molecule has 0 saturated carbocycles. The average molecular weight is 247 g/mol. The molecule has 0 bridgehead atoms. The summed E-state index contributed by atoms with van der Waals surface area (Å²) in [7, 11) is 3.92. The first kappa shape index (κ1) is 12.8. The van der Waals surface area contributed by atoms with Gasteiger partial charge < -0.3 is 5.32 Å². The van der Waals surface area contributed by atoms with Crippen molar-refractivity contribution in [2.45, 2.75) is 26.3 Å². The second kappa shape index (κ2) is 5.35. The van der Waals surface area contributed by atoms with Crippen LogP contribution >= 0.6 is 0 Å². The minimum Gasteiger partial charge on any atom is -0.304 e. The van der Waals surface area contributed by atoms with Gasteiger partial charge in [-0.15, -0.1) is 0 Å². The molecule has 5 nitrogen and oxygen atoms in total. The third-order valence-corrected chi connectivity index (χ3v) is 2.96. The highest BCUT2D eigenvalue weighted by molar-refractivity contribution is 5.23. The van der Waals surface area contributed by atoms with Gasteiger partial charge in [-0.05, 0) is 32.0 Å². The zero-order valence-electron chi connectivity index (χ0n) is 11.5. The molecule has 0 radical (unpaired) electrons. The first-order chi connectivity index (χ1) is 8.61. The fraction of sp³-hybridized carbons (Fsp3) is 0.538. The number of aryl methyl sites for hydroxylation is 3. The predicted octanol–water partition coefficient (Wildman–Crippen LogP) is 1.55. The molecule has 0 aliphatic heterocycles. The van der Waals surface area contributed by atoms with Crippen molar-refractivity contribution in [3.63, 3.8) is 0 Å². The smallest absolute Gasteiger partial charge is 0.0940 e. The fourth-order valence-electron chi connectivity index (χ4n) is 2.14. The molecule has 0 saturated heterocycles. The van der Waals surface area contributed by atoms with Gasteiger partial charge in [0.05, 0.1) is 23.1 Å². The van der Waals surface area contributed by atoms with Gasteiger partial charge >= 0.3 is 0 Å². The van der Waals surface area contributed by atoms with Gasteiger partial charge in [-0.1, -0.05) is 6.92 Å². The number of hydrogen-bond acceptors (Lipinski definition) is 3. The van der Waals surface area contributed by atoms with E-state index in [1.54, 1.807) is 0 Å². The van der Waals surface area contributed by atoms with E-state index in [0.29, 0.717) is 0 Å². The zero-order chi connectivity index (χ0) is 13.1. The SMILES string of the molecule is CCCNC(c1ccn(C)n1)c1cc(C)nn1C. The molecule has 0 amide bonds. The summed E-state index contributed by atoms with van der Waals surface area (Å²) in [6, 6.07) is 4.27. The van der Waals surface area contributed by atoms with Crippen LogP contribution < -0.4 is 5.32 Å². The van der Waals surface area contributed by atoms with Crippen LogP contribution in [-0.2, 0) is 14.1 Å². The van der Waals surface area contributed by atoms with Gasteiger partial charge in [-0.25, -0.2) is 0 Å². The minimum absolute atomic E-state index is 0.109. The summed E-state index contributed by atoms with van der Waals surface area (Å²) in [5, 5.41) is 12.5. The normalized spacial score (nSPS) is 12.9. The maximum Gasteiger partial charge on any atom is 0.0940 e. The molecule has 1 unspecified atom stereocenters. The predicted molar refractivity (Wildman–Crippen MR) is 71.3 cm³/mol. The van der Waals surface area contributed by atoms with E-state index in [9.17, 15) is 0 Å². The Kier molecular flexibility index (Phi) is 3.81. The van der Waals surface area contributed by atoms with Crippen molar-refractivity contribution >= 4 is 0 Å². The van der Waals surface area contributed by atoms with Crippen LogP contribution in [0.1, 0.15) is 36.5 Å². The molecule has 2 rings (SSSR count). The molecular formula is C13H21N5. The van der Waals surface area contributed by atoms with Crippen LogP contribution in [0.15, 0.2) is 18.3 Å². The van der Waals surface area contributed by atoms with Crippen LogP contribution in [0.2, 0.25) is 0 Å². The van der Waals surface area contributed by atoms with Gasteiger partial charge in [-0.2, -0.15) is 10.2 Å². The fourth-order valence-corrected chi connectivity index (χ4v) is 2.14. The monoisotopic (exact) mass is 247 g/mol. The van der Waals surface area contributed by atoms with E-state index in [-0.39, 0.29) is 6.04 Å². The molecule has 2 aromatic rings. The number of nitrogens with zero attached hydrogens (tertiary/aromatic N) is 4. The molecule has 98 valence electrons. The Morgan fingerprint density at radius 1 is 1.33 bits per heavy atom. The number of hydrogen-bond donors (Lipinski definition) is 1. The van der Waals surface area contributed by atoms with Gasteiger partial charge in [0, 0.05) is 20.3 Å². The molecule has 0 aromatic carbocycles. The van der Waals surface area contributed by atoms with E-state index in [4.69, 9.17) is 0 Å². The van der Waals surface area contributed by atoms with Crippen LogP contribution in [0, 0.1) is 6.92 Å². The topological polar surface area (TPSA) is 47.7 Å². The largest absolute Gasteiger partial charge is 0.304 e. The zero-order valence-corrected chi connectivity index (χ0v) is 11.5. The quantitative estimate of drug-likeness (QED) is 0.872. The summed E-state index contributed by atoms with van der Waals surface area (Å²) in [4.78, 5) is 0. The summed E-state index contributed by atoms with van der Waals surface area (Å²) in [6.45, 7) is 5.14. The summed E-state index contributed by atoms with van der Waals surface area (Å²) in [6.07, 6.45) is 3.07. The standard InChI is InChI=1S/C13H21N5/c1-5-7-14-13(11-6-8-17(3)16-11)12-9-10(2)15-18(12)4/h6,8-9,13-14H,5,7H2,1-4H3. The third kappa shape index (κ3) is 2.61. The lowest BCUT2D eigenvalue weighted by Gasteiger charge is -2.16. The Morgan fingerprint density at radius 2 is 2.11 bits per heavy atom. The molecule has 2 heterocycles. The van der Waals surface area contributed by atoms with E-state index in [1.165, 1.54) is 0 Å². The van der Waals surface area contributed by atoms with E-state index < -0.39 is 0 Å². The number of rotatable bonds is 5. The van der Waals surface area contributed by atoms with Crippen LogP contribution in [0.3, 0.4) is 0 Å². The second-order valence-electron chi connectivity index (χ2n) is 4.64. The molecular weight excluding hydrogens is 226 g/mol. The Bertz CT molecular complexity index is 511. The first-order valence-electron chi connectivity index (χ1n) is 6.35. The lowest BCUT2D eigenvalue weighted by Crippen LogP contribution is -2.25. The molecule has 1 atom stereocenters. The van der Waals surface area contributed by atoms with Gasteiger partial charge in [-0.3, -0.25) is 9.36 Å². The van der Waals surface area contributed by atoms with E-state index in [2.05, 4.69) is 34.6 Å². The van der Waals surface area contributed by atoms with Crippen molar-refractivity contribution in [1.82, 2.24) is 24.9 Å². The van der Waals surface area contributed by atoms with Crippen LogP contribution in [0.4, 0.5) is 0 Å². The molecule has 2 aromatic heterocycles. The molecule has 0 fully saturated rings. The van der Waals surface area contributed by atoms with E-state index in [0.717, 1.165) is 30.0 Å². The highest BCUT2D eigenvalue weighted by Crippen LogP contribution is 2.20. The van der Waals surface area contributed by atoms with Gasteiger partial charge in [0.25, 0.3) is 0 Å². The van der Waals surface area contributed by atoms with Crippen LogP contribution in [0.25, 0.3) is 0 Å². The van der Waals surface area contributed by atoms with Crippen molar-refractivity contribution in [2.75, 3.05) is 6.54 Å². The third-order valence-electron chi connectivity index (χ3n) is 2.96.